The lowest BCUT2D eigenvalue weighted by molar-refractivity contribution is 0.320. The van der Waals surface area contributed by atoms with Gasteiger partial charge < -0.3 is 4.90 Å². The van der Waals surface area contributed by atoms with E-state index < -0.39 is 0 Å². The molecule has 0 amide bonds. The van der Waals surface area contributed by atoms with E-state index in [4.69, 9.17) is 0 Å². The van der Waals surface area contributed by atoms with Crippen molar-refractivity contribution in [3.63, 3.8) is 0 Å². The minimum Gasteiger partial charge on any atom is -0.301 e. The number of hydrogen-bond donors (Lipinski definition) is 0. The molecule has 15 heavy (non-hydrogen) atoms. The first-order valence-corrected chi connectivity index (χ1v) is 7.37. The highest BCUT2D eigenvalue weighted by Crippen LogP contribution is 2.14. The quantitative estimate of drug-likeness (QED) is 0.565. The van der Waals surface area contributed by atoms with E-state index in [1.807, 2.05) is 5.51 Å². The van der Waals surface area contributed by atoms with Gasteiger partial charge in [-0.05, 0) is 33.4 Å². The predicted octanol–water partition coefficient (Wildman–Crippen LogP) is 3.45. The van der Waals surface area contributed by atoms with Crippen molar-refractivity contribution in [2.45, 2.75) is 32.7 Å². The van der Waals surface area contributed by atoms with Crippen molar-refractivity contribution in [3.05, 3.63) is 16.1 Å². The Morgan fingerprint density at radius 2 is 2.20 bits per heavy atom. The summed E-state index contributed by atoms with van der Waals surface area (Å²) in [6.45, 7) is 4.32. The number of nitrogens with zero attached hydrogens (tertiary/aromatic N) is 2. The Hall–Kier alpha value is 0.0700. The zero-order valence-corrected chi connectivity index (χ0v) is 11.9. The molecule has 0 saturated heterocycles. The Morgan fingerprint density at radius 1 is 1.40 bits per heavy atom. The monoisotopic (exact) mass is 290 g/mol. The highest BCUT2D eigenvalue weighted by atomic mass is 79.9. The summed E-state index contributed by atoms with van der Waals surface area (Å²) in [7, 11) is 2.19. The number of alkyl halides is 1. The van der Waals surface area contributed by atoms with Crippen molar-refractivity contribution < 1.29 is 0 Å². The summed E-state index contributed by atoms with van der Waals surface area (Å²) >= 11 is 5.22. The minimum absolute atomic E-state index is 1.05. The third kappa shape index (κ3) is 5.09. The van der Waals surface area contributed by atoms with E-state index in [-0.39, 0.29) is 0 Å². The van der Waals surface area contributed by atoms with Gasteiger partial charge in [0, 0.05) is 16.8 Å². The molecular weight excluding hydrogens is 272 g/mol. The van der Waals surface area contributed by atoms with Crippen LogP contribution < -0.4 is 0 Å². The molecule has 0 spiro atoms. The molecule has 1 aromatic heterocycles. The van der Waals surface area contributed by atoms with Crippen molar-refractivity contribution >= 4 is 27.3 Å². The van der Waals surface area contributed by atoms with Gasteiger partial charge in [0.1, 0.15) is 0 Å². The fourth-order valence-electron chi connectivity index (χ4n) is 1.46. The van der Waals surface area contributed by atoms with Gasteiger partial charge in [0.2, 0.25) is 0 Å². The standard InChI is InChI=1S/C11H19BrN2S/c1-10-11(15-9-13-10)8-14(2)7-5-3-4-6-12/h9H,3-8H2,1-2H3. The van der Waals surface area contributed by atoms with Gasteiger partial charge in [-0.2, -0.15) is 0 Å². The van der Waals surface area contributed by atoms with E-state index in [0.717, 1.165) is 11.9 Å². The first-order valence-electron chi connectivity index (χ1n) is 5.37. The van der Waals surface area contributed by atoms with Gasteiger partial charge >= 0.3 is 0 Å². The van der Waals surface area contributed by atoms with E-state index in [9.17, 15) is 0 Å². The molecule has 0 aromatic carbocycles. The number of rotatable bonds is 7. The van der Waals surface area contributed by atoms with Crippen LogP contribution in [0.25, 0.3) is 0 Å². The lowest BCUT2D eigenvalue weighted by atomic mass is 10.2. The van der Waals surface area contributed by atoms with Crippen LogP contribution in [0.5, 0.6) is 0 Å². The van der Waals surface area contributed by atoms with Crippen LogP contribution in [0.1, 0.15) is 29.8 Å². The number of aromatic nitrogens is 1. The average Bonchev–Trinajstić information content (AvgIpc) is 2.59. The Kier molecular flexibility index (Phi) is 6.45. The summed E-state index contributed by atoms with van der Waals surface area (Å²) in [6.07, 6.45) is 3.89. The number of aryl methyl sites for hydroxylation is 1. The number of thiazole rings is 1. The Balaban J connectivity index is 2.18. The number of hydrogen-bond acceptors (Lipinski definition) is 3. The molecule has 0 atom stereocenters. The highest BCUT2D eigenvalue weighted by Gasteiger charge is 2.04. The molecule has 1 aromatic rings. The summed E-state index contributed by atoms with van der Waals surface area (Å²) in [5.41, 5.74) is 3.12. The smallest absolute Gasteiger partial charge is 0.0798 e. The van der Waals surface area contributed by atoms with Crippen LogP contribution in [-0.4, -0.2) is 28.8 Å². The van der Waals surface area contributed by atoms with Gasteiger partial charge in [0.15, 0.2) is 0 Å². The fraction of sp³-hybridized carbons (Fsp3) is 0.727. The first kappa shape index (κ1) is 13.1. The third-order valence-corrected chi connectivity index (χ3v) is 3.91. The zero-order valence-electron chi connectivity index (χ0n) is 9.50. The second kappa shape index (κ2) is 7.36. The van der Waals surface area contributed by atoms with Gasteiger partial charge in [-0.15, -0.1) is 11.3 Å². The van der Waals surface area contributed by atoms with E-state index in [1.165, 1.54) is 36.4 Å². The minimum atomic E-state index is 1.05. The molecule has 86 valence electrons. The zero-order chi connectivity index (χ0) is 11.1. The van der Waals surface area contributed by atoms with Gasteiger partial charge in [0.05, 0.1) is 11.2 Å². The summed E-state index contributed by atoms with van der Waals surface area (Å²) in [5, 5.41) is 1.13. The van der Waals surface area contributed by atoms with Crippen molar-refractivity contribution in [1.82, 2.24) is 9.88 Å². The van der Waals surface area contributed by atoms with Gasteiger partial charge in [-0.3, -0.25) is 0 Å². The van der Waals surface area contributed by atoms with Crippen LogP contribution in [0.4, 0.5) is 0 Å². The number of unbranched alkanes of at least 4 members (excludes halogenated alkanes) is 2. The van der Waals surface area contributed by atoms with Crippen LogP contribution in [0, 0.1) is 6.92 Å². The van der Waals surface area contributed by atoms with Crippen molar-refractivity contribution in [2.75, 3.05) is 18.9 Å². The maximum atomic E-state index is 4.27. The molecule has 0 N–H and O–H groups in total. The maximum absolute atomic E-state index is 4.27. The van der Waals surface area contributed by atoms with E-state index in [1.54, 1.807) is 11.3 Å². The normalized spacial score (nSPS) is 11.2. The Morgan fingerprint density at radius 3 is 2.80 bits per heavy atom. The molecule has 0 aliphatic carbocycles. The van der Waals surface area contributed by atoms with Crippen LogP contribution in [0.15, 0.2) is 5.51 Å². The van der Waals surface area contributed by atoms with Crippen molar-refractivity contribution in [1.29, 1.82) is 0 Å². The molecule has 2 nitrogen and oxygen atoms in total. The Bertz CT molecular complexity index is 275. The van der Waals surface area contributed by atoms with E-state index in [0.29, 0.717) is 0 Å². The van der Waals surface area contributed by atoms with Crippen molar-refractivity contribution in [2.24, 2.45) is 0 Å². The topological polar surface area (TPSA) is 16.1 Å². The van der Waals surface area contributed by atoms with Crippen LogP contribution in [0.2, 0.25) is 0 Å². The SMILES string of the molecule is Cc1ncsc1CN(C)CCCCCBr. The lowest BCUT2D eigenvalue weighted by Gasteiger charge is -2.15. The van der Waals surface area contributed by atoms with Gasteiger partial charge in [-0.25, -0.2) is 4.98 Å². The Labute approximate surface area is 105 Å². The predicted molar refractivity (Wildman–Crippen MR) is 70.8 cm³/mol. The molecule has 0 saturated carbocycles. The van der Waals surface area contributed by atoms with Gasteiger partial charge in [0.25, 0.3) is 0 Å². The van der Waals surface area contributed by atoms with E-state index >= 15 is 0 Å². The number of halogens is 1. The molecule has 1 heterocycles. The molecule has 0 radical (unpaired) electrons. The molecule has 0 bridgehead atoms. The van der Waals surface area contributed by atoms with Gasteiger partial charge in [-0.1, -0.05) is 22.4 Å². The maximum Gasteiger partial charge on any atom is 0.0798 e. The molecule has 1 rings (SSSR count). The molecule has 0 fully saturated rings. The molecule has 0 aliphatic heterocycles. The lowest BCUT2D eigenvalue weighted by Crippen LogP contribution is -2.18. The second-order valence-electron chi connectivity index (χ2n) is 3.85. The largest absolute Gasteiger partial charge is 0.301 e. The summed E-state index contributed by atoms with van der Waals surface area (Å²) < 4.78 is 0. The van der Waals surface area contributed by atoms with E-state index in [2.05, 4.69) is 39.8 Å². The molecule has 4 heteroatoms. The molecule has 0 aliphatic rings. The van der Waals surface area contributed by atoms with Crippen LogP contribution >= 0.6 is 27.3 Å². The third-order valence-electron chi connectivity index (χ3n) is 2.43. The van der Waals surface area contributed by atoms with Crippen LogP contribution in [0.3, 0.4) is 0 Å². The molecular formula is C11H19BrN2S. The fourth-order valence-corrected chi connectivity index (χ4v) is 2.71. The molecule has 0 unspecified atom stereocenters. The first-order chi connectivity index (χ1) is 7.24. The van der Waals surface area contributed by atoms with Crippen LogP contribution in [-0.2, 0) is 6.54 Å². The second-order valence-corrected chi connectivity index (χ2v) is 5.58. The highest BCUT2D eigenvalue weighted by molar-refractivity contribution is 9.09. The average molecular weight is 291 g/mol. The summed E-state index contributed by atoms with van der Waals surface area (Å²) in [5.74, 6) is 0. The van der Waals surface area contributed by atoms with Crippen molar-refractivity contribution in [3.8, 4) is 0 Å². The summed E-state index contributed by atoms with van der Waals surface area (Å²) in [6, 6.07) is 0. The summed E-state index contributed by atoms with van der Waals surface area (Å²) in [4.78, 5) is 8.05.